The molecule has 0 aliphatic heterocycles. The Morgan fingerprint density at radius 1 is 1.29 bits per heavy atom. The highest BCUT2D eigenvalue weighted by Gasteiger charge is 2.45. The van der Waals surface area contributed by atoms with E-state index in [0.717, 1.165) is 5.56 Å². The zero-order valence-corrected chi connectivity index (χ0v) is 14.2. The van der Waals surface area contributed by atoms with Gasteiger partial charge in [0.15, 0.2) is 17.2 Å². The molecular weight excluding hydrogens is 352 g/mol. The van der Waals surface area contributed by atoms with Crippen LogP contribution in [0.25, 0.3) is 0 Å². The molecule has 0 fully saturated rings. The number of carbonyl (C=O) groups is 2. The third kappa shape index (κ3) is 3.08. The summed E-state index contributed by atoms with van der Waals surface area (Å²) in [5.41, 5.74) is -1.30. The Morgan fingerprint density at radius 2 is 2.08 bits per heavy atom. The second kappa shape index (κ2) is 6.61. The Morgan fingerprint density at radius 3 is 2.83 bits per heavy atom. The first-order chi connectivity index (χ1) is 11.4. The van der Waals surface area contributed by atoms with Crippen molar-refractivity contribution in [3.63, 3.8) is 0 Å². The second-order valence-corrected chi connectivity index (χ2v) is 6.63. The number of carbonyl (C=O) groups excluding carboxylic acids is 2. The van der Waals surface area contributed by atoms with Gasteiger partial charge in [0, 0.05) is 41.1 Å². The topological polar surface area (TPSA) is 47.0 Å². The maximum absolute atomic E-state index is 15.4. The summed E-state index contributed by atoms with van der Waals surface area (Å²) < 4.78 is 15.4. The van der Waals surface area contributed by atoms with E-state index < -0.39 is 11.5 Å². The Bertz CT molecular complexity index is 824. The molecule has 0 unspecified atom stereocenters. The number of hydrogen-bond acceptors (Lipinski definition) is 3. The van der Waals surface area contributed by atoms with Gasteiger partial charge in [-0.2, -0.15) is 0 Å². The van der Waals surface area contributed by atoms with Gasteiger partial charge < -0.3 is 0 Å². The average molecular weight is 366 g/mol. The van der Waals surface area contributed by atoms with Gasteiger partial charge in [-0.25, -0.2) is 4.39 Å². The van der Waals surface area contributed by atoms with Gasteiger partial charge >= 0.3 is 0 Å². The highest BCUT2D eigenvalue weighted by atomic mass is 35.5. The number of ketones is 2. The zero-order valence-electron chi connectivity index (χ0n) is 12.7. The van der Waals surface area contributed by atoms with Gasteiger partial charge in [0.25, 0.3) is 0 Å². The van der Waals surface area contributed by atoms with Crippen LogP contribution in [-0.2, 0) is 16.9 Å². The van der Waals surface area contributed by atoms with Crippen molar-refractivity contribution in [2.75, 3.05) is 0 Å². The molecule has 24 heavy (non-hydrogen) atoms. The minimum Gasteiger partial charge on any atom is -0.296 e. The highest BCUT2D eigenvalue weighted by molar-refractivity contribution is 6.35. The molecule has 0 spiro atoms. The Hall–Kier alpha value is -1.78. The van der Waals surface area contributed by atoms with E-state index in [0.29, 0.717) is 16.5 Å². The van der Waals surface area contributed by atoms with Crippen molar-refractivity contribution in [1.29, 1.82) is 0 Å². The first-order valence-corrected chi connectivity index (χ1v) is 8.32. The molecule has 1 atom stereocenters. The van der Waals surface area contributed by atoms with Crippen LogP contribution < -0.4 is 0 Å². The third-order valence-corrected chi connectivity index (χ3v) is 4.86. The number of aryl methyl sites for hydroxylation is 1. The van der Waals surface area contributed by atoms with Gasteiger partial charge in [0.05, 0.1) is 0 Å². The first kappa shape index (κ1) is 17.1. The van der Waals surface area contributed by atoms with Gasteiger partial charge in [-0.05, 0) is 30.2 Å². The molecule has 0 saturated carbocycles. The summed E-state index contributed by atoms with van der Waals surface area (Å²) >= 11 is 11.9. The van der Waals surface area contributed by atoms with E-state index in [1.54, 1.807) is 18.2 Å². The van der Waals surface area contributed by atoms with Crippen LogP contribution in [0.1, 0.15) is 40.9 Å². The Kier molecular flexibility index (Phi) is 4.70. The number of fused-ring (bicyclic) bond motifs is 1. The quantitative estimate of drug-likeness (QED) is 0.786. The fourth-order valence-electron chi connectivity index (χ4n) is 2.95. The molecule has 1 heterocycles. The largest absolute Gasteiger partial charge is 0.296 e. The van der Waals surface area contributed by atoms with E-state index in [1.807, 2.05) is 0 Å². The van der Waals surface area contributed by atoms with Gasteiger partial charge in [0.2, 0.25) is 0 Å². The van der Waals surface area contributed by atoms with Crippen molar-refractivity contribution in [3.05, 3.63) is 63.4 Å². The lowest BCUT2D eigenvalue weighted by molar-refractivity contribution is -0.131. The van der Waals surface area contributed by atoms with Gasteiger partial charge in [-0.15, -0.1) is 0 Å². The van der Waals surface area contributed by atoms with Crippen LogP contribution in [0, 0.1) is 0 Å². The van der Waals surface area contributed by atoms with E-state index in [2.05, 4.69) is 4.98 Å². The summed E-state index contributed by atoms with van der Waals surface area (Å²) in [6, 6.07) is 7.99. The first-order valence-electron chi connectivity index (χ1n) is 7.56. The minimum atomic E-state index is -2.17. The molecule has 1 aliphatic carbocycles. The van der Waals surface area contributed by atoms with Crippen LogP contribution in [0.3, 0.4) is 0 Å². The minimum absolute atomic E-state index is 0.0135. The van der Waals surface area contributed by atoms with E-state index in [-0.39, 0.29) is 36.3 Å². The van der Waals surface area contributed by atoms with Crippen LogP contribution in [0.15, 0.2) is 36.5 Å². The zero-order chi connectivity index (χ0) is 17.3. The average Bonchev–Trinajstić information content (AvgIpc) is 2.57. The number of rotatable bonds is 4. The molecule has 1 aromatic heterocycles. The van der Waals surface area contributed by atoms with Gasteiger partial charge in [-0.3, -0.25) is 14.6 Å². The lowest BCUT2D eigenvalue weighted by Gasteiger charge is -2.29. The molecule has 3 nitrogen and oxygen atoms in total. The Labute approximate surface area is 148 Å². The van der Waals surface area contributed by atoms with E-state index in [1.165, 1.54) is 18.3 Å². The van der Waals surface area contributed by atoms with Gasteiger partial charge in [0.1, 0.15) is 5.69 Å². The molecule has 1 aliphatic rings. The summed E-state index contributed by atoms with van der Waals surface area (Å²) in [6.45, 7) is 0. The lowest BCUT2D eigenvalue weighted by Crippen LogP contribution is -2.37. The number of aromatic nitrogens is 1. The van der Waals surface area contributed by atoms with Crippen molar-refractivity contribution in [1.82, 2.24) is 4.98 Å². The molecule has 0 bridgehead atoms. The Balaban J connectivity index is 1.82. The SMILES string of the molecule is O=C1CC[C@@](F)(C(=O)CCc2ccc(Cl)cc2Cl)c2cccnc21. The fraction of sp³-hybridized carbons (Fsp3) is 0.278. The van der Waals surface area contributed by atoms with Crippen LogP contribution in [0.4, 0.5) is 4.39 Å². The number of Topliss-reactive ketones (excluding diaryl/α,β-unsaturated/α-hetero) is 2. The van der Waals surface area contributed by atoms with E-state index in [9.17, 15) is 9.59 Å². The number of pyridine rings is 1. The maximum Gasteiger partial charge on any atom is 0.196 e. The molecule has 0 N–H and O–H groups in total. The summed E-state index contributed by atoms with van der Waals surface area (Å²) in [4.78, 5) is 28.4. The lowest BCUT2D eigenvalue weighted by atomic mass is 9.78. The standard InChI is InChI=1S/C18H14Cl2FNO2/c19-12-5-3-11(14(20)10-12)4-6-16(24)18(21)8-7-15(23)17-13(18)2-1-9-22-17/h1-3,5,9-10H,4,6-8H2/t18-/m0/s1. The molecule has 0 amide bonds. The molecule has 6 heteroatoms. The molecule has 3 rings (SSSR count). The number of nitrogens with zero attached hydrogens (tertiary/aromatic N) is 1. The summed E-state index contributed by atoms with van der Waals surface area (Å²) in [7, 11) is 0. The third-order valence-electron chi connectivity index (χ3n) is 4.27. The maximum atomic E-state index is 15.4. The molecule has 0 saturated heterocycles. The number of benzene rings is 1. The molecule has 2 aromatic rings. The van der Waals surface area contributed by atoms with Crippen molar-refractivity contribution < 1.29 is 14.0 Å². The predicted octanol–water partition coefficient (Wildman–Crippen LogP) is 4.73. The molecule has 1 aromatic carbocycles. The summed E-state index contributed by atoms with van der Waals surface area (Å²) in [5, 5.41) is 0.951. The van der Waals surface area contributed by atoms with Crippen LogP contribution >= 0.6 is 23.2 Å². The summed E-state index contributed by atoms with van der Waals surface area (Å²) in [5.74, 6) is -0.789. The molecule has 124 valence electrons. The second-order valence-electron chi connectivity index (χ2n) is 5.78. The summed E-state index contributed by atoms with van der Waals surface area (Å²) in [6.07, 6.45) is 1.57. The predicted molar refractivity (Wildman–Crippen MR) is 90.4 cm³/mol. The van der Waals surface area contributed by atoms with Crippen molar-refractivity contribution in [2.45, 2.75) is 31.4 Å². The van der Waals surface area contributed by atoms with E-state index >= 15 is 4.39 Å². The van der Waals surface area contributed by atoms with Crippen LogP contribution in [0.2, 0.25) is 10.0 Å². The van der Waals surface area contributed by atoms with Crippen molar-refractivity contribution in [3.8, 4) is 0 Å². The number of alkyl halides is 1. The number of halogens is 3. The van der Waals surface area contributed by atoms with Crippen molar-refractivity contribution in [2.24, 2.45) is 0 Å². The molecular formula is C18H14Cl2FNO2. The van der Waals surface area contributed by atoms with Crippen LogP contribution in [0.5, 0.6) is 0 Å². The van der Waals surface area contributed by atoms with Crippen molar-refractivity contribution >= 4 is 34.8 Å². The van der Waals surface area contributed by atoms with Crippen LogP contribution in [-0.4, -0.2) is 16.6 Å². The fourth-order valence-corrected chi connectivity index (χ4v) is 3.45. The van der Waals surface area contributed by atoms with Gasteiger partial charge in [-0.1, -0.05) is 35.3 Å². The molecule has 0 radical (unpaired) electrons. The smallest absolute Gasteiger partial charge is 0.196 e. The number of hydrogen-bond donors (Lipinski definition) is 0. The monoisotopic (exact) mass is 365 g/mol. The van der Waals surface area contributed by atoms with E-state index in [4.69, 9.17) is 23.2 Å². The highest BCUT2D eigenvalue weighted by Crippen LogP contribution is 2.39. The normalized spacial score (nSPS) is 19.9.